The number of nitrogens with zero attached hydrogens (tertiary/aromatic N) is 3. The average Bonchev–Trinajstić information content (AvgIpc) is 2.64. The van der Waals surface area contributed by atoms with Gasteiger partial charge in [-0.05, 0) is 19.1 Å². The van der Waals surface area contributed by atoms with E-state index in [9.17, 15) is 0 Å². The number of hydrogen-bond donors (Lipinski definition) is 0. The molecular weight excluding hydrogens is 242 g/mol. The predicted octanol–water partition coefficient (Wildman–Crippen LogP) is 3.14. The molecule has 0 aliphatic heterocycles. The molecule has 16 heavy (non-hydrogen) atoms. The fraction of sp³-hybridized carbons (Fsp3) is 0.273. The third kappa shape index (κ3) is 2.51. The Bertz CT molecular complexity index is 484. The smallest absolute Gasteiger partial charge is 0.147 e. The van der Waals surface area contributed by atoms with Gasteiger partial charge in [-0.15, -0.1) is 11.3 Å². The van der Waals surface area contributed by atoms with E-state index in [0.717, 1.165) is 17.4 Å². The van der Waals surface area contributed by atoms with Gasteiger partial charge in [0.1, 0.15) is 5.82 Å². The van der Waals surface area contributed by atoms with Crippen molar-refractivity contribution >= 4 is 28.8 Å². The van der Waals surface area contributed by atoms with E-state index in [1.807, 2.05) is 37.2 Å². The van der Waals surface area contributed by atoms with Gasteiger partial charge >= 0.3 is 0 Å². The normalized spacial score (nSPS) is 10.4. The van der Waals surface area contributed by atoms with E-state index in [1.165, 1.54) is 4.88 Å². The van der Waals surface area contributed by atoms with Gasteiger partial charge in [-0.25, -0.2) is 9.97 Å². The van der Waals surface area contributed by atoms with Gasteiger partial charge in [0.25, 0.3) is 0 Å². The van der Waals surface area contributed by atoms with Gasteiger partial charge in [-0.3, -0.25) is 0 Å². The van der Waals surface area contributed by atoms with Crippen LogP contribution in [0.25, 0.3) is 0 Å². The van der Waals surface area contributed by atoms with Gasteiger partial charge in [0.2, 0.25) is 0 Å². The molecular formula is C11H12ClN3S. The molecule has 3 nitrogen and oxygen atoms in total. The molecule has 0 atom stereocenters. The van der Waals surface area contributed by atoms with Crippen molar-refractivity contribution in [2.45, 2.75) is 13.5 Å². The highest BCUT2D eigenvalue weighted by molar-refractivity contribution is 7.11. The Morgan fingerprint density at radius 1 is 1.44 bits per heavy atom. The van der Waals surface area contributed by atoms with Gasteiger partial charge in [0.15, 0.2) is 0 Å². The number of aromatic nitrogens is 2. The first-order valence-electron chi connectivity index (χ1n) is 4.90. The Labute approximate surface area is 104 Å². The van der Waals surface area contributed by atoms with Crippen molar-refractivity contribution in [3.8, 4) is 0 Å². The summed E-state index contributed by atoms with van der Waals surface area (Å²) >= 11 is 7.77. The van der Waals surface area contributed by atoms with Crippen LogP contribution in [0.15, 0.2) is 24.5 Å². The van der Waals surface area contributed by atoms with Crippen LogP contribution in [-0.2, 0) is 6.54 Å². The van der Waals surface area contributed by atoms with Crippen molar-refractivity contribution in [3.05, 3.63) is 39.4 Å². The van der Waals surface area contributed by atoms with Crippen LogP contribution in [0.2, 0.25) is 5.02 Å². The molecule has 0 spiro atoms. The maximum Gasteiger partial charge on any atom is 0.147 e. The molecule has 0 radical (unpaired) electrons. The van der Waals surface area contributed by atoms with Gasteiger partial charge < -0.3 is 4.90 Å². The molecule has 0 amide bonds. The van der Waals surface area contributed by atoms with E-state index in [4.69, 9.17) is 11.6 Å². The highest BCUT2D eigenvalue weighted by Gasteiger charge is 2.08. The SMILES string of the molecule is Cc1ncc(CN(C)c2ncccc2Cl)s1. The third-order valence-electron chi connectivity index (χ3n) is 2.16. The molecule has 0 aliphatic rings. The lowest BCUT2D eigenvalue weighted by Crippen LogP contribution is -2.17. The van der Waals surface area contributed by atoms with Crippen LogP contribution in [0.4, 0.5) is 5.82 Å². The molecule has 0 fully saturated rings. The van der Waals surface area contributed by atoms with Crippen molar-refractivity contribution < 1.29 is 0 Å². The zero-order chi connectivity index (χ0) is 11.5. The fourth-order valence-electron chi connectivity index (χ4n) is 1.45. The average molecular weight is 254 g/mol. The van der Waals surface area contributed by atoms with Crippen LogP contribution < -0.4 is 4.90 Å². The second kappa shape index (κ2) is 4.80. The minimum Gasteiger partial charge on any atom is -0.353 e. The summed E-state index contributed by atoms with van der Waals surface area (Å²) in [6, 6.07) is 3.68. The number of hydrogen-bond acceptors (Lipinski definition) is 4. The summed E-state index contributed by atoms with van der Waals surface area (Å²) in [6.45, 7) is 2.78. The molecule has 0 aliphatic carbocycles. The number of anilines is 1. The molecule has 0 bridgehead atoms. The fourth-order valence-corrected chi connectivity index (χ4v) is 2.56. The highest BCUT2D eigenvalue weighted by atomic mass is 35.5. The minimum absolute atomic E-state index is 0.672. The van der Waals surface area contributed by atoms with Crippen LogP contribution in [-0.4, -0.2) is 17.0 Å². The maximum atomic E-state index is 6.07. The van der Waals surface area contributed by atoms with Crippen molar-refractivity contribution in [2.24, 2.45) is 0 Å². The highest BCUT2D eigenvalue weighted by Crippen LogP contribution is 2.23. The molecule has 2 rings (SSSR count). The van der Waals surface area contributed by atoms with E-state index in [1.54, 1.807) is 17.5 Å². The zero-order valence-corrected chi connectivity index (χ0v) is 10.7. The summed E-state index contributed by atoms with van der Waals surface area (Å²) in [5.74, 6) is 0.801. The molecule has 5 heteroatoms. The zero-order valence-electron chi connectivity index (χ0n) is 9.14. The third-order valence-corrected chi connectivity index (χ3v) is 3.36. The second-order valence-corrected chi connectivity index (χ2v) is 5.24. The van der Waals surface area contributed by atoms with Gasteiger partial charge in [-0.2, -0.15) is 0 Å². The largest absolute Gasteiger partial charge is 0.353 e. The summed E-state index contributed by atoms with van der Waals surface area (Å²) in [5, 5.41) is 1.75. The second-order valence-electron chi connectivity index (χ2n) is 3.51. The van der Waals surface area contributed by atoms with Gasteiger partial charge in [0, 0.05) is 24.3 Å². The lowest BCUT2D eigenvalue weighted by Gasteiger charge is -2.17. The quantitative estimate of drug-likeness (QED) is 0.842. The Morgan fingerprint density at radius 2 is 2.25 bits per heavy atom. The van der Waals surface area contributed by atoms with Crippen LogP contribution in [0, 0.1) is 6.92 Å². The van der Waals surface area contributed by atoms with Crippen LogP contribution in [0.1, 0.15) is 9.88 Å². The number of rotatable bonds is 3. The van der Waals surface area contributed by atoms with Crippen molar-refractivity contribution in [1.82, 2.24) is 9.97 Å². The molecule has 0 unspecified atom stereocenters. The number of pyridine rings is 1. The monoisotopic (exact) mass is 253 g/mol. The first-order chi connectivity index (χ1) is 7.66. The molecule has 0 N–H and O–H groups in total. The molecule has 0 saturated carbocycles. The first kappa shape index (κ1) is 11.4. The standard InChI is InChI=1S/C11H12ClN3S/c1-8-14-6-9(16-8)7-15(2)11-10(12)4-3-5-13-11/h3-6H,7H2,1-2H3. The minimum atomic E-state index is 0.672. The Balaban J connectivity index is 2.14. The summed E-state index contributed by atoms with van der Waals surface area (Å²) in [6.07, 6.45) is 3.64. The van der Waals surface area contributed by atoms with Crippen molar-refractivity contribution in [2.75, 3.05) is 11.9 Å². The van der Waals surface area contributed by atoms with Gasteiger partial charge in [-0.1, -0.05) is 11.6 Å². The predicted molar refractivity (Wildman–Crippen MR) is 68.2 cm³/mol. The molecule has 2 aromatic heterocycles. The van der Waals surface area contributed by atoms with E-state index < -0.39 is 0 Å². The van der Waals surface area contributed by atoms with E-state index in [2.05, 4.69) is 9.97 Å². The van der Waals surface area contributed by atoms with Gasteiger partial charge in [0.05, 0.1) is 16.6 Å². The lowest BCUT2D eigenvalue weighted by atomic mass is 10.4. The molecule has 0 aromatic carbocycles. The molecule has 2 aromatic rings. The first-order valence-corrected chi connectivity index (χ1v) is 6.09. The van der Waals surface area contributed by atoms with Crippen molar-refractivity contribution in [1.29, 1.82) is 0 Å². The summed E-state index contributed by atoms with van der Waals surface area (Å²) in [4.78, 5) is 11.7. The summed E-state index contributed by atoms with van der Waals surface area (Å²) in [5.41, 5.74) is 0. The molecule has 0 saturated heterocycles. The Hall–Kier alpha value is -1.13. The molecule has 2 heterocycles. The number of aryl methyl sites for hydroxylation is 1. The Morgan fingerprint density at radius 3 is 2.88 bits per heavy atom. The summed E-state index contributed by atoms with van der Waals surface area (Å²) in [7, 11) is 1.98. The maximum absolute atomic E-state index is 6.07. The van der Waals surface area contributed by atoms with Crippen LogP contribution in [0.5, 0.6) is 0 Å². The van der Waals surface area contributed by atoms with Crippen molar-refractivity contribution in [3.63, 3.8) is 0 Å². The number of thiazole rings is 1. The topological polar surface area (TPSA) is 29.0 Å². The number of halogens is 1. The lowest BCUT2D eigenvalue weighted by molar-refractivity contribution is 0.910. The van der Waals surface area contributed by atoms with Crippen LogP contribution in [0.3, 0.4) is 0 Å². The van der Waals surface area contributed by atoms with E-state index in [0.29, 0.717) is 5.02 Å². The Kier molecular flexibility index (Phi) is 3.41. The van der Waals surface area contributed by atoms with E-state index in [-0.39, 0.29) is 0 Å². The van der Waals surface area contributed by atoms with E-state index >= 15 is 0 Å². The summed E-state index contributed by atoms with van der Waals surface area (Å²) < 4.78 is 0. The molecule has 84 valence electrons. The van der Waals surface area contributed by atoms with Crippen LogP contribution >= 0.6 is 22.9 Å².